The lowest BCUT2D eigenvalue weighted by Crippen LogP contribution is -2.29. The van der Waals surface area contributed by atoms with Crippen molar-refractivity contribution in [1.82, 2.24) is 0 Å². The van der Waals surface area contributed by atoms with Crippen LogP contribution in [0.25, 0.3) is 44.2 Å². The van der Waals surface area contributed by atoms with Crippen LogP contribution in [-0.4, -0.2) is 0 Å². The van der Waals surface area contributed by atoms with Gasteiger partial charge < -0.3 is 9.32 Å². The zero-order chi connectivity index (χ0) is 42.2. The van der Waals surface area contributed by atoms with Crippen LogP contribution in [0.3, 0.4) is 0 Å². The molecular formula is C62H41NO. The molecule has 0 saturated carbocycles. The molecule has 0 saturated heterocycles. The summed E-state index contributed by atoms with van der Waals surface area (Å²) < 4.78 is 6.62. The highest BCUT2D eigenvalue weighted by Gasteiger charge is 2.48. The van der Waals surface area contributed by atoms with Gasteiger partial charge in [0.1, 0.15) is 11.2 Å². The van der Waals surface area contributed by atoms with Crippen molar-refractivity contribution >= 4 is 39.0 Å². The van der Waals surface area contributed by atoms with Crippen molar-refractivity contribution in [3.8, 4) is 22.3 Å². The number of furan rings is 1. The first-order valence-corrected chi connectivity index (χ1v) is 22.2. The van der Waals surface area contributed by atoms with Crippen molar-refractivity contribution in [3.05, 3.63) is 293 Å². The summed E-state index contributed by atoms with van der Waals surface area (Å²) in [7, 11) is 0. The Morgan fingerprint density at radius 2 is 0.688 bits per heavy atom. The molecule has 0 radical (unpaired) electrons. The molecule has 64 heavy (non-hydrogen) atoms. The number of nitrogens with zero attached hydrogens (tertiary/aromatic N) is 1. The second-order valence-electron chi connectivity index (χ2n) is 17.1. The minimum Gasteiger partial charge on any atom is -0.456 e. The van der Waals surface area contributed by atoms with Gasteiger partial charge in [-0.1, -0.05) is 200 Å². The van der Waals surface area contributed by atoms with Crippen molar-refractivity contribution < 1.29 is 4.42 Å². The summed E-state index contributed by atoms with van der Waals surface area (Å²) in [5.41, 5.74) is 18.9. The maximum Gasteiger partial charge on any atom is 0.135 e. The van der Waals surface area contributed by atoms with Gasteiger partial charge in [-0.15, -0.1) is 0 Å². The fraction of sp³-hybridized carbons (Fsp3) is 0.0323. The van der Waals surface area contributed by atoms with Gasteiger partial charge in [-0.05, 0) is 115 Å². The van der Waals surface area contributed by atoms with Crippen molar-refractivity contribution in [3.63, 3.8) is 0 Å². The Hall–Kier alpha value is -8.20. The van der Waals surface area contributed by atoms with Crippen LogP contribution in [0.5, 0.6) is 0 Å². The Balaban J connectivity index is 1.07. The van der Waals surface area contributed by atoms with Crippen LogP contribution in [0, 0.1) is 0 Å². The maximum absolute atomic E-state index is 6.62. The quantitative estimate of drug-likeness (QED) is 0.159. The van der Waals surface area contributed by atoms with Crippen LogP contribution < -0.4 is 4.90 Å². The minimum absolute atomic E-state index is 0.524. The molecule has 1 aromatic heterocycles. The van der Waals surface area contributed by atoms with E-state index in [4.69, 9.17) is 4.42 Å². The largest absolute Gasteiger partial charge is 0.456 e. The summed E-state index contributed by atoms with van der Waals surface area (Å²) in [4.78, 5) is 2.45. The van der Waals surface area contributed by atoms with Crippen LogP contribution >= 0.6 is 0 Å². The number of rotatable bonds is 7. The van der Waals surface area contributed by atoms with E-state index < -0.39 is 10.8 Å². The first-order valence-electron chi connectivity index (χ1n) is 22.2. The molecule has 300 valence electrons. The molecule has 2 aliphatic carbocycles. The zero-order valence-electron chi connectivity index (χ0n) is 35.0. The van der Waals surface area contributed by atoms with Gasteiger partial charge in [0.2, 0.25) is 0 Å². The average Bonchev–Trinajstić information content (AvgIpc) is 3.99. The molecule has 13 rings (SSSR count). The zero-order valence-corrected chi connectivity index (χ0v) is 35.0. The molecule has 11 aromatic rings. The highest BCUT2D eigenvalue weighted by atomic mass is 16.3. The van der Waals surface area contributed by atoms with Crippen molar-refractivity contribution in [2.75, 3.05) is 4.90 Å². The molecule has 0 aliphatic heterocycles. The summed E-state index contributed by atoms with van der Waals surface area (Å²) in [6, 6.07) is 91.5. The summed E-state index contributed by atoms with van der Waals surface area (Å²) in [5, 5.41) is 2.26. The van der Waals surface area contributed by atoms with Crippen molar-refractivity contribution in [2.24, 2.45) is 0 Å². The van der Waals surface area contributed by atoms with Crippen LogP contribution in [0.2, 0.25) is 0 Å². The fourth-order valence-electron chi connectivity index (χ4n) is 11.4. The number of hydrogen-bond donors (Lipinski definition) is 0. The molecule has 10 aromatic carbocycles. The Morgan fingerprint density at radius 3 is 1.23 bits per heavy atom. The second-order valence-corrected chi connectivity index (χ2v) is 17.1. The van der Waals surface area contributed by atoms with Gasteiger partial charge in [0.15, 0.2) is 0 Å². The summed E-state index contributed by atoms with van der Waals surface area (Å²) >= 11 is 0. The van der Waals surface area contributed by atoms with E-state index in [2.05, 4.69) is 248 Å². The van der Waals surface area contributed by atoms with E-state index in [9.17, 15) is 0 Å². The topological polar surface area (TPSA) is 16.4 Å². The van der Waals surface area contributed by atoms with Crippen LogP contribution in [0.4, 0.5) is 17.1 Å². The monoisotopic (exact) mass is 815 g/mol. The van der Waals surface area contributed by atoms with Gasteiger partial charge in [0, 0.05) is 27.8 Å². The van der Waals surface area contributed by atoms with Gasteiger partial charge >= 0.3 is 0 Å². The molecular weight excluding hydrogens is 775 g/mol. The van der Waals surface area contributed by atoms with Crippen LogP contribution in [0.15, 0.2) is 253 Å². The van der Waals surface area contributed by atoms with E-state index >= 15 is 0 Å². The minimum atomic E-state index is -0.631. The molecule has 2 aliphatic rings. The number of anilines is 3. The molecule has 1 heterocycles. The lowest BCUT2D eigenvalue weighted by Gasteiger charge is -2.36. The fourth-order valence-corrected chi connectivity index (χ4v) is 11.4. The third-order valence-electron chi connectivity index (χ3n) is 14.0. The predicted octanol–water partition coefficient (Wildman–Crippen LogP) is 15.8. The van der Waals surface area contributed by atoms with Crippen molar-refractivity contribution in [2.45, 2.75) is 10.8 Å². The molecule has 0 amide bonds. The molecule has 1 unspecified atom stereocenters. The number of hydrogen-bond acceptors (Lipinski definition) is 2. The van der Waals surface area contributed by atoms with Crippen LogP contribution in [-0.2, 0) is 10.8 Å². The molecule has 2 nitrogen and oxygen atoms in total. The molecule has 0 N–H and O–H groups in total. The summed E-state index contributed by atoms with van der Waals surface area (Å²) in [6.45, 7) is 0. The average molecular weight is 816 g/mol. The van der Waals surface area contributed by atoms with Gasteiger partial charge in [-0.25, -0.2) is 0 Å². The molecule has 1 atom stereocenters. The molecule has 0 fully saturated rings. The lowest BCUT2D eigenvalue weighted by molar-refractivity contribution is 0.665. The van der Waals surface area contributed by atoms with Gasteiger partial charge in [0.25, 0.3) is 0 Å². The predicted molar refractivity (Wildman–Crippen MR) is 263 cm³/mol. The second kappa shape index (κ2) is 14.2. The van der Waals surface area contributed by atoms with E-state index in [0.717, 1.165) is 39.0 Å². The van der Waals surface area contributed by atoms with Crippen LogP contribution in [0.1, 0.15) is 44.5 Å². The van der Waals surface area contributed by atoms with E-state index in [1.165, 1.54) is 66.8 Å². The SMILES string of the molecule is c1ccc(N(c2ccc3c(c2)C(c2ccccc2)(c2ccccc2)c2ccccc2-3)c2ccc3c(c2)C(c2ccccc2)(c2ccc4c(c2)oc2ccccc24)c2ccccc2-3)cc1. The highest BCUT2D eigenvalue weighted by Crippen LogP contribution is 2.60. The van der Waals surface area contributed by atoms with Gasteiger partial charge in [-0.3, -0.25) is 0 Å². The third-order valence-corrected chi connectivity index (χ3v) is 14.0. The van der Waals surface area contributed by atoms with E-state index in [1.807, 2.05) is 6.07 Å². The first-order chi connectivity index (χ1) is 31.7. The van der Waals surface area contributed by atoms with E-state index in [1.54, 1.807) is 0 Å². The number of fused-ring (bicyclic) bond motifs is 9. The summed E-state index contributed by atoms with van der Waals surface area (Å²) in [6.07, 6.45) is 0. The standard InChI is InChI=1S/C62H41NO/c1-5-19-42(20-6-1)61(43-21-7-2-8-22-43)55-30-16-13-27-49(55)51-37-34-47(40-57(51)61)63(46-25-11-4-12-26-46)48-35-38-52-50-28-14-17-31-56(50)62(58(52)41-48,44-23-9-3-10-24-44)45-33-36-54-53-29-15-18-32-59(53)64-60(54)39-45/h1-41H. The number of benzene rings is 10. The van der Waals surface area contributed by atoms with E-state index in [0.29, 0.717) is 0 Å². The smallest absolute Gasteiger partial charge is 0.135 e. The Labute approximate surface area is 373 Å². The third kappa shape index (κ3) is 5.08. The molecule has 0 bridgehead atoms. The first kappa shape index (κ1) is 36.5. The van der Waals surface area contributed by atoms with Crippen molar-refractivity contribution in [1.29, 1.82) is 0 Å². The molecule has 2 heteroatoms. The van der Waals surface area contributed by atoms with Gasteiger partial charge in [0.05, 0.1) is 10.8 Å². The Kier molecular flexibility index (Phi) is 8.07. The summed E-state index contributed by atoms with van der Waals surface area (Å²) in [5.74, 6) is 0. The lowest BCUT2D eigenvalue weighted by atomic mass is 9.67. The van der Waals surface area contributed by atoms with E-state index in [-0.39, 0.29) is 0 Å². The molecule has 0 spiro atoms. The van der Waals surface area contributed by atoms with Gasteiger partial charge in [-0.2, -0.15) is 0 Å². The number of para-hydroxylation sites is 2. The normalized spacial score (nSPS) is 15.4. The highest BCUT2D eigenvalue weighted by molar-refractivity contribution is 6.05. The maximum atomic E-state index is 6.62. The Morgan fingerprint density at radius 1 is 0.266 bits per heavy atom. The Bertz CT molecular complexity index is 3520.